The summed E-state index contributed by atoms with van der Waals surface area (Å²) in [5.41, 5.74) is 2.13. The van der Waals surface area contributed by atoms with Gasteiger partial charge in [-0.3, -0.25) is 4.98 Å². The first-order valence-electron chi connectivity index (χ1n) is 5.05. The molecule has 0 aliphatic carbocycles. The lowest BCUT2D eigenvalue weighted by atomic mass is 9.93. The molecule has 2 nitrogen and oxygen atoms in total. The van der Waals surface area contributed by atoms with E-state index in [9.17, 15) is 0 Å². The molecule has 0 unspecified atom stereocenters. The van der Waals surface area contributed by atoms with Crippen LogP contribution in [0.2, 0.25) is 0 Å². The minimum Gasteiger partial charge on any atom is -0.253 e. The van der Waals surface area contributed by atoms with E-state index in [4.69, 9.17) is 0 Å². The third-order valence-corrected chi connectivity index (χ3v) is 3.72. The summed E-state index contributed by atoms with van der Waals surface area (Å²) in [7, 11) is 0. The van der Waals surface area contributed by atoms with E-state index in [1.54, 1.807) is 17.5 Å². The third-order valence-electron chi connectivity index (χ3n) is 2.23. The van der Waals surface area contributed by atoms with Gasteiger partial charge in [0.1, 0.15) is 10.7 Å². The van der Waals surface area contributed by atoms with Crippen LogP contribution in [0.15, 0.2) is 28.2 Å². The normalized spacial score (nSPS) is 11.8. The molecule has 84 valence electrons. The molecule has 2 rings (SSSR count). The highest BCUT2D eigenvalue weighted by Crippen LogP contribution is 2.31. The Labute approximate surface area is 108 Å². The van der Waals surface area contributed by atoms with E-state index in [2.05, 4.69) is 52.0 Å². The van der Waals surface area contributed by atoms with Crippen LogP contribution in [0.3, 0.4) is 0 Å². The van der Waals surface area contributed by atoms with Gasteiger partial charge in [-0.2, -0.15) is 0 Å². The molecular weight excluding hydrogens is 284 g/mol. The van der Waals surface area contributed by atoms with Gasteiger partial charge < -0.3 is 0 Å². The Morgan fingerprint density at radius 3 is 2.62 bits per heavy atom. The topological polar surface area (TPSA) is 25.8 Å². The molecule has 2 heterocycles. The molecule has 0 fully saturated rings. The van der Waals surface area contributed by atoms with Crippen LogP contribution in [0.4, 0.5) is 0 Å². The van der Waals surface area contributed by atoms with E-state index in [0.29, 0.717) is 0 Å². The van der Waals surface area contributed by atoms with Gasteiger partial charge in [0.05, 0.1) is 5.69 Å². The molecule has 0 N–H and O–H groups in total. The van der Waals surface area contributed by atoms with Gasteiger partial charge in [-0.05, 0) is 28.1 Å². The van der Waals surface area contributed by atoms with Crippen molar-refractivity contribution in [3.63, 3.8) is 0 Å². The van der Waals surface area contributed by atoms with E-state index < -0.39 is 0 Å². The fourth-order valence-corrected chi connectivity index (χ4v) is 2.90. The highest BCUT2D eigenvalue weighted by molar-refractivity contribution is 9.10. The van der Waals surface area contributed by atoms with Crippen molar-refractivity contribution >= 4 is 27.3 Å². The van der Waals surface area contributed by atoms with Gasteiger partial charge in [0, 0.05) is 21.5 Å². The number of rotatable bonds is 1. The monoisotopic (exact) mass is 296 g/mol. The SMILES string of the molecule is CC(C)(C)c1csc(-c2ncccc2Br)n1. The highest BCUT2D eigenvalue weighted by atomic mass is 79.9. The van der Waals surface area contributed by atoms with E-state index >= 15 is 0 Å². The summed E-state index contributed by atoms with van der Waals surface area (Å²) in [6, 6.07) is 3.90. The quantitative estimate of drug-likeness (QED) is 0.785. The largest absolute Gasteiger partial charge is 0.253 e. The lowest BCUT2D eigenvalue weighted by Gasteiger charge is -2.14. The summed E-state index contributed by atoms with van der Waals surface area (Å²) in [4.78, 5) is 8.98. The van der Waals surface area contributed by atoms with Crippen molar-refractivity contribution in [3.05, 3.63) is 33.9 Å². The maximum absolute atomic E-state index is 4.64. The number of nitrogens with zero attached hydrogens (tertiary/aromatic N) is 2. The van der Waals surface area contributed by atoms with Crippen molar-refractivity contribution < 1.29 is 0 Å². The van der Waals surface area contributed by atoms with Crippen LogP contribution in [0.5, 0.6) is 0 Å². The summed E-state index contributed by atoms with van der Waals surface area (Å²) in [6.45, 7) is 6.50. The van der Waals surface area contributed by atoms with Crippen LogP contribution < -0.4 is 0 Å². The molecule has 0 saturated heterocycles. The second-order valence-corrected chi connectivity index (χ2v) is 6.33. The summed E-state index contributed by atoms with van der Waals surface area (Å²) in [5, 5.41) is 3.08. The second kappa shape index (κ2) is 4.26. The summed E-state index contributed by atoms with van der Waals surface area (Å²) >= 11 is 5.14. The van der Waals surface area contributed by atoms with Crippen molar-refractivity contribution in [1.82, 2.24) is 9.97 Å². The first-order chi connectivity index (χ1) is 7.48. The van der Waals surface area contributed by atoms with Crippen molar-refractivity contribution in [2.45, 2.75) is 26.2 Å². The van der Waals surface area contributed by atoms with Gasteiger partial charge in [0.2, 0.25) is 0 Å². The van der Waals surface area contributed by atoms with Gasteiger partial charge in [-0.1, -0.05) is 20.8 Å². The zero-order chi connectivity index (χ0) is 11.8. The number of hydrogen-bond acceptors (Lipinski definition) is 3. The van der Waals surface area contributed by atoms with Crippen LogP contribution in [0, 0.1) is 0 Å². The summed E-state index contributed by atoms with van der Waals surface area (Å²) < 4.78 is 0.991. The molecule has 0 spiro atoms. The van der Waals surface area contributed by atoms with Gasteiger partial charge in [0.25, 0.3) is 0 Å². The molecule has 0 aliphatic rings. The first-order valence-corrected chi connectivity index (χ1v) is 6.72. The zero-order valence-electron chi connectivity index (χ0n) is 9.49. The van der Waals surface area contributed by atoms with Crippen molar-refractivity contribution in [1.29, 1.82) is 0 Å². The molecule has 0 aromatic carbocycles. The number of halogens is 1. The summed E-state index contributed by atoms with van der Waals surface area (Å²) in [6.07, 6.45) is 1.79. The standard InChI is InChI=1S/C12H13BrN2S/c1-12(2,3)9-7-16-11(15-9)10-8(13)5-4-6-14-10/h4-7H,1-3H3. The Morgan fingerprint density at radius 2 is 2.06 bits per heavy atom. The first kappa shape index (κ1) is 11.7. The van der Waals surface area contributed by atoms with Gasteiger partial charge >= 0.3 is 0 Å². The minimum atomic E-state index is 0.0933. The second-order valence-electron chi connectivity index (χ2n) is 4.62. The average Bonchev–Trinajstić information content (AvgIpc) is 2.66. The highest BCUT2D eigenvalue weighted by Gasteiger charge is 2.18. The molecule has 0 aliphatic heterocycles. The molecule has 0 atom stereocenters. The lowest BCUT2D eigenvalue weighted by Crippen LogP contribution is -2.11. The average molecular weight is 297 g/mol. The van der Waals surface area contributed by atoms with Crippen LogP contribution in [-0.2, 0) is 5.41 Å². The van der Waals surface area contributed by atoms with Gasteiger partial charge in [0.15, 0.2) is 0 Å². The molecule has 4 heteroatoms. The molecule has 2 aromatic heterocycles. The van der Waals surface area contributed by atoms with Crippen molar-refractivity contribution in [3.8, 4) is 10.7 Å². The Bertz CT molecular complexity index is 500. The van der Waals surface area contributed by atoms with Crippen molar-refractivity contribution in [2.75, 3.05) is 0 Å². The molecule has 16 heavy (non-hydrogen) atoms. The van der Waals surface area contributed by atoms with Crippen LogP contribution in [0.1, 0.15) is 26.5 Å². The predicted molar refractivity (Wildman–Crippen MR) is 71.7 cm³/mol. The number of pyridine rings is 1. The number of aromatic nitrogens is 2. The van der Waals surface area contributed by atoms with E-state index in [1.165, 1.54) is 0 Å². The molecule has 0 saturated carbocycles. The Morgan fingerprint density at radius 1 is 1.31 bits per heavy atom. The Kier molecular flexibility index (Phi) is 3.13. The van der Waals surface area contributed by atoms with E-state index in [0.717, 1.165) is 20.9 Å². The van der Waals surface area contributed by atoms with E-state index in [1.807, 2.05) is 12.1 Å². The maximum atomic E-state index is 4.64. The molecule has 0 bridgehead atoms. The van der Waals surface area contributed by atoms with E-state index in [-0.39, 0.29) is 5.41 Å². The third kappa shape index (κ3) is 2.33. The summed E-state index contributed by atoms with van der Waals surface area (Å²) in [5.74, 6) is 0. The van der Waals surface area contributed by atoms with Gasteiger partial charge in [-0.25, -0.2) is 4.98 Å². The maximum Gasteiger partial charge on any atom is 0.143 e. The smallest absolute Gasteiger partial charge is 0.143 e. The minimum absolute atomic E-state index is 0.0933. The molecule has 2 aromatic rings. The zero-order valence-corrected chi connectivity index (χ0v) is 11.9. The fourth-order valence-electron chi connectivity index (χ4n) is 1.27. The van der Waals surface area contributed by atoms with Crippen LogP contribution >= 0.6 is 27.3 Å². The number of hydrogen-bond donors (Lipinski definition) is 0. The number of thiazole rings is 1. The van der Waals surface area contributed by atoms with Crippen LogP contribution in [0.25, 0.3) is 10.7 Å². The Balaban J connectivity index is 2.44. The molecular formula is C12H13BrN2S. The van der Waals surface area contributed by atoms with Crippen molar-refractivity contribution in [2.24, 2.45) is 0 Å². The Hall–Kier alpha value is -0.740. The molecule has 0 radical (unpaired) electrons. The van der Waals surface area contributed by atoms with Crippen LogP contribution in [-0.4, -0.2) is 9.97 Å². The molecule has 0 amide bonds. The van der Waals surface area contributed by atoms with Gasteiger partial charge in [-0.15, -0.1) is 11.3 Å². The lowest BCUT2D eigenvalue weighted by molar-refractivity contribution is 0.573. The fraction of sp³-hybridized carbons (Fsp3) is 0.333. The predicted octanol–water partition coefficient (Wildman–Crippen LogP) is 4.27.